The Balaban J connectivity index is 0. The van der Waals surface area contributed by atoms with Gasteiger partial charge in [0, 0.05) is 18.6 Å². The Labute approximate surface area is 127 Å². The summed E-state index contributed by atoms with van der Waals surface area (Å²) in [4.78, 5) is 17.8. The molecule has 0 aromatic carbocycles. The second kappa shape index (κ2) is 10.3. The summed E-state index contributed by atoms with van der Waals surface area (Å²) in [6, 6.07) is 1.36. The van der Waals surface area contributed by atoms with Crippen molar-refractivity contribution >= 4 is 11.9 Å². The quantitative estimate of drug-likeness (QED) is 0.561. The van der Waals surface area contributed by atoms with Crippen LogP contribution in [0.25, 0.3) is 0 Å². The number of alkyl halides is 6. The first-order valence-electron chi connectivity index (χ1n) is 6.25. The van der Waals surface area contributed by atoms with Crippen LogP contribution in [0.4, 0.5) is 26.3 Å². The molecule has 138 valence electrons. The smallest absolute Gasteiger partial charge is 0.475 e. The number of carbonyl (C=O) groups is 2. The minimum Gasteiger partial charge on any atom is -0.475 e. The van der Waals surface area contributed by atoms with Gasteiger partial charge >= 0.3 is 24.3 Å². The van der Waals surface area contributed by atoms with Crippen LogP contribution in [0.15, 0.2) is 0 Å². The molecule has 1 fully saturated rings. The molecule has 1 rings (SSSR count). The van der Waals surface area contributed by atoms with Gasteiger partial charge in [-0.3, -0.25) is 0 Å². The Morgan fingerprint density at radius 3 is 1.57 bits per heavy atom. The van der Waals surface area contributed by atoms with Crippen molar-refractivity contribution in [2.75, 3.05) is 13.1 Å². The summed E-state index contributed by atoms with van der Waals surface area (Å²) >= 11 is 0. The van der Waals surface area contributed by atoms with Crippen molar-refractivity contribution in [3.05, 3.63) is 0 Å². The molecule has 1 aliphatic rings. The van der Waals surface area contributed by atoms with Gasteiger partial charge in [0.1, 0.15) is 0 Å². The van der Waals surface area contributed by atoms with E-state index in [1.807, 2.05) is 0 Å². The van der Waals surface area contributed by atoms with E-state index in [1.54, 1.807) is 0 Å². The molecule has 1 heterocycles. The largest absolute Gasteiger partial charge is 0.490 e. The first kappa shape index (κ1) is 23.7. The van der Waals surface area contributed by atoms with Crippen molar-refractivity contribution in [2.24, 2.45) is 0 Å². The van der Waals surface area contributed by atoms with Crippen molar-refractivity contribution in [3.8, 4) is 0 Å². The predicted molar refractivity (Wildman–Crippen MR) is 66.9 cm³/mol. The van der Waals surface area contributed by atoms with Crippen LogP contribution in [0.5, 0.6) is 0 Å². The summed E-state index contributed by atoms with van der Waals surface area (Å²) < 4.78 is 63.5. The maximum atomic E-state index is 10.6. The van der Waals surface area contributed by atoms with Crippen LogP contribution in [0.2, 0.25) is 0 Å². The molecule has 0 unspecified atom stereocenters. The lowest BCUT2D eigenvalue weighted by Gasteiger charge is -2.13. The molecule has 1 aliphatic heterocycles. The van der Waals surface area contributed by atoms with E-state index in [9.17, 15) is 26.3 Å². The Bertz CT molecular complexity index is 341. The summed E-state index contributed by atoms with van der Waals surface area (Å²) in [6.07, 6.45) is -8.88. The molecule has 0 aromatic rings. The molecular weight excluding hydrogens is 338 g/mol. The highest BCUT2D eigenvalue weighted by Gasteiger charge is 2.38. The van der Waals surface area contributed by atoms with E-state index in [2.05, 4.69) is 24.5 Å². The third-order valence-corrected chi connectivity index (χ3v) is 2.11. The van der Waals surface area contributed by atoms with Crippen molar-refractivity contribution in [3.63, 3.8) is 0 Å². The van der Waals surface area contributed by atoms with Crippen LogP contribution in [0.1, 0.15) is 20.3 Å². The van der Waals surface area contributed by atoms with Crippen LogP contribution in [0, 0.1) is 0 Å². The summed E-state index contributed by atoms with van der Waals surface area (Å²) in [5.74, 6) is -5.51. The summed E-state index contributed by atoms with van der Waals surface area (Å²) in [5.41, 5.74) is 0. The molecule has 23 heavy (non-hydrogen) atoms. The highest BCUT2D eigenvalue weighted by Crippen LogP contribution is 2.13. The van der Waals surface area contributed by atoms with Crippen LogP contribution in [0.3, 0.4) is 0 Å². The predicted octanol–water partition coefficient (Wildman–Crippen LogP) is 1.61. The molecule has 0 aromatic heterocycles. The summed E-state index contributed by atoms with van der Waals surface area (Å²) in [6.45, 7) is 6.72. The fourth-order valence-electron chi connectivity index (χ4n) is 1.27. The third-order valence-electron chi connectivity index (χ3n) is 2.11. The minimum absolute atomic E-state index is 0.634. The van der Waals surface area contributed by atoms with E-state index >= 15 is 0 Å². The van der Waals surface area contributed by atoms with Crippen molar-refractivity contribution in [1.29, 1.82) is 0 Å². The topological polar surface area (TPSA) is 98.7 Å². The van der Waals surface area contributed by atoms with Crippen molar-refractivity contribution in [2.45, 2.75) is 44.7 Å². The second-order valence-electron chi connectivity index (χ2n) is 4.62. The molecule has 6 nitrogen and oxygen atoms in total. The number of nitrogens with one attached hydrogen (secondary N) is 2. The average Bonchev–Trinajstić information content (AvgIpc) is 2.79. The SMILES string of the molecule is CC(C)N[C@@H]1CCNC1.O=C(O)C(F)(F)F.O=C(O)C(F)(F)F. The van der Waals surface area contributed by atoms with Gasteiger partial charge in [-0.2, -0.15) is 26.3 Å². The molecule has 0 amide bonds. The van der Waals surface area contributed by atoms with Crippen LogP contribution < -0.4 is 10.6 Å². The van der Waals surface area contributed by atoms with E-state index in [-0.39, 0.29) is 0 Å². The second-order valence-corrected chi connectivity index (χ2v) is 4.62. The molecule has 0 radical (unpaired) electrons. The van der Waals surface area contributed by atoms with Gasteiger partial charge in [-0.1, -0.05) is 13.8 Å². The lowest BCUT2D eigenvalue weighted by molar-refractivity contribution is -0.193. The van der Waals surface area contributed by atoms with E-state index < -0.39 is 24.3 Å². The average molecular weight is 356 g/mol. The van der Waals surface area contributed by atoms with Gasteiger partial charge in [0.2, 0.25) is 0 Å². The fourth-order valence-corrected chi connectivity index (χ4v) is 1.27. The van der Waals surface area contributed by atoms with E-state index in [4.69, 9.17) is 19.8 Å². The number of hydrogen-bond donors (Lipinski definition) is 4. The number of rotatable bonds is 2. The standard InChI is InChI=1S/C7H16N2.2C2HF3O2/c1-6(2)9-7-3-4-8-5-7;2*3-2(4,5)1(6)7/h6-9H,3-5H2,1-2H3;2*(H,6,7)/t7-;;/m1../s1. The summed E-state index contributed by atoms with van der Waals surface area (Å²) in [7, 11) is 0. The maximum Gasteiger partial charge on any atom is 0.490 e. The molecule has 4 N–H and O–H groups in total. The van der Waals surface area contributed by atoms with Gasteiger partial charge in [-0.05, 0) is 13.0 Å². The highest BCUT2D eigenvalue weighted by atomic mass is 19.4. The zero-order valence-corrected chi connectivity index (χ0v) is 12.3. The molecule has 0 aliphatic carbocycles. The van der Waals surface area contributed by atoms with Crippen molar-refractivity contribution in [1.82, 2.24) is 10.6 Å². The molecule has 1 atom stereocenters. The number of carboxylic acids is 2. The normalized spacial score (nSPS) is 17.7. The first-order valence-corrected chi connectivity index (χ1v) is 6.25. The monoisotopic (exact) mass is 356 g/mol. The molecule has 12 heteroatoms. The number of hydrogen-bond acceptors (Lipinski definition) is 4. The van der Waals surface area contributed by atoms with Crippen molar-refractivity contribution < 1.29 is 46.1 Å². The zero-order valence-electron chi connectivity index (χ0n) is 12.3. The van der Waals surface area contributed by atoms with Gasteiger partial charge in [0.15, 0.2) is 0 Å². The lowest BCUT2D eigenvalue weighted by atomic mass is 10.2. The van der Waals surface area contributed by atoms with Crippen LogP contribution >= 0.6 is 0 Å². The Hall–Kier alpha value is -1.56. The fraction of sp³-hybridized carbons (Fsp3) is 0.818. The van der Waals surface area contributed by atoms with Crippen LogP contribution in [-0.2, 0) is 9.59 Å². The van der Waals surface area contributed by atoms with Gasteiger partial charge in [0.25, 0.3) is 0 Å². The van der Waals surface area contributed by atoms with E-state index in [0.29, 0.717) is 6.04 Å². The molecule has 0 spiro atoms. The Morgan fingerprint density at radius 2 is 1.39 bits per heavy atom. The van der Waals surface area contributed by atoms with Gasteiger partial charge in [0.05, 0.1) is 0 Å². The minimum atomic E-state index is -5.08. The molecule has 0 bridgehead atoms. The molecule has 1 saturated heterocycles. The van der Waals surface area contributed by atoms with Gasteiger partial charge in [-0.25, -0.2) is 9.59 Å². The lowest BCUT2D eigenvalue weighted by Crippen LogP contribution is -2.35. The maximum absolute atomic E-state index is 10.6. The number of carboxylic acid groups (broad SMARTS) is 2. The van der Waals surface area contributed by atoms with Gasteiger partial charge < -0.3 is 20.8 Å². The number of aliphatic carboxylic acids is 2. The third kappa shape index (κ3) is 15.1. The number of halogens is 6. The zero-order chi connectivity index (χ0) is 18.8. The van der Waals surface area contributed by atoms with E-state index in [0.717, 1.165) is 12.6 Å². The Kier molecular flexibility index (Phi) is 10.6. The molecule has 0 saturated carbocycles. The van der Waals surface area contributed by atoms with Crippen LogP contribution in [-0.4, -0.2) is 59.7 Å². The summed E-state index contributed by atoms with van der Waals surface area (Å²) in [5, 5.41) is 21.0. The van der Waals surface area contributed by atoms with Gasteiger partial charge in [-0.15, -0.1) is 0 Å². The highest BCUT2D eigenvalue weighted by molar-refractivity contribution is 5.73. The molecular formula is C11H18F6N2O4. The Morgan fingerprint density at radius 1 is 1.04 bits per heavy atom. The van der Waals surface area contributed by atoms with E-state index in [1.165, 1.54) is 13.0 Å². The first-order chi connectivity index (χ1) is 10.2.